The second-order valence-electron chi connectivity index (χ2n) is 4.81. The van der Waals surface area contributed by atoms with Gasteiger partial charge in [-0.15, -0.1) is 0 Å². The van der Waals surface area contributed by atoms with Crippen molar-refractivity contribution in [3.63, 3.8) is 0 Å². The molecule has 0 radical (unpaired) electrons. The first-order valence-corrected chi connectivity index (χ1v) is 7.55. The van der Waals surface area contributed by atoms with E-state index in [0.29, 0.717) is 0 Å². The number of ether oxygens (including phenoxy) is 2. The maximum atomic E-state index is 5.40. The van der Waals surface area contributed by atoms with Crippen molar-refractivity contribution in [3.8, 4) is 11.5 Å². The molecule has 2 aromatic rings. The van der Waals surface area contributed by atoms with Crippen LogP contribution in [0.1, 0.15) is 22.7 Å². The number of hydrogen-bond acceptors (Lipinski definition) is 3. The minimum Gasteiger partial charge on any atom is -0.493 e. The van der Waals surface area contributed by atoms with Crippen molar-refractivity contribution in [2.24, 2.45) is 0 Å². The first kappa shape index (κ1) is 15.9. The molecule has 1 unspecified atom stereocenters. The summed E-state index contributed by atoms with van der Waals surface area (Å²) in [5.41, 5.74) is 3.54. The van der Waals surface area contributed by atoms with Crippen LogP contribution in [0.25, 0.3) is 0 Å². The lowest BCUT2D eigenvalue weighted by Crippen LogP contribution is -2.18. The molecular formula is C17H20BrNO2. The molecule has 0 spiro atoms. The normalized spacial score (nSPS) is 12.0. The molecule has 0 aliphatic rings. The zero-order valence-electron chi connectivity index (χ0n) is 12.7. The Bertz CT molecular complexity index is 628. The predicted molar refractivity (Wildman–Crippen MR) is 89.3 cm³/mol. The maximum Gasteiger partial charge on any atom is 0.161 e. The van der Waals surface area contributed by atoms with Gasteiger partial charge in [-0.3, -0.25) is 0 Å². The Kier molecular flexibility index (Phi) is 5.26. The minimum absolute atomic E-state index is 0.0825. The van der Waals surface area contributed by atoms with Gasteiger partial charge in [0.05, 0.1) is 20.3 Å². The van der Waals surface area contributed by atoms with Crippen LogP contribution < -0.4 is 14.8 Å². The third-order valence-electron chi connectivity index (χ3n) is 3.56. The smallest absolute Gasteiger partial charge is 0.161 e. The molecule has 21 heavy (non-hydrogen) atoms. The van der Waals surface area contributed by atoms with Gasteiger partial charge in [-0.1, -0.05) is 40.2 Å². The van der Waals surface area contributed by atoms with Gasteiger partial charge in [0.25, 0.3) is 0 Å². The minimum atomic E-state index is 0.0825. The molecule has 3 nitrogen and oxygen atoms in total. The molecule has 2 aromatic carbocycles. The van der Waals surface area contributed by atoms with E-state index >= 15 is 0 Å². The largest absolute Gasteiger partial charge is 0.493 e. The van der Waals surface area contributed by atoms with Gasteiger partial charge in [-0.25, -0.2) is 0 Å². The molecular weight excluding hydrogens is 330 g/mol. The van der Waals surface area contributed by atoms with E-state index in [9.17, 15) is 0 Å². The molecule has 0 amide bonds. The molecule has 2 rings (SSSR count). The van der Waals surface area contributed by atoms with Crippen LogP contribution in [0.4, 0.5) is 0 Å². The topological polar surface area (TPSA) is 30.5 Å². The summed E-state index contributed by atoms with van der Waals surface area (Å²) in [6.07, 6.45) is 0. The molecule has 0 saturated carbocycles. The van der Waals surface area contributed by atoms with Crippen molar-refractivity contribution in [2.75, 3.05) is 21.3 Å². The summed E-state index contributed by atoms with van der Waals surface area (Å²) in [6.45, 7) is 2.09. The summed E-state index contributed by atoms with van der Waals surface area (Å²) in [5, 5.41) is 3.37. The number of hydrogen-bond donors (Lipinski definition) is 1. The van der Waals surface area contributed by atoms with Gasteiger partial charge in [-0.2, -0.15) is 0 Å². The second-order valence-corrected chi connectivity index (χ2v) is 5.61. The van der Waals surface area contributed by atoms with Crippen molar-refractivity contribution in [1.29, 1.82) is 0 Å². The fourth-order valence-corrected chi connectivity index (χ4v) is 2.92. The third-order valence-corrected chi connectivity index (χ3v) is 4.65. The Hall–Kier alpha value is -1.52. The molecule has 112 valence electrons. The fourth-order valence-electron chi connectivity index (χ4n) is 2.43. The Morgan fingerprint density at radius 2 is 1.76 bits per heavy atom. The van der Waals surface area contributed by atoms with Crippen LogP contribution in [0.5, 0.6) is 11.5 Å². The van der Waals surface area contributed by atoms with Crippen molar-refractivity contribution < 1.29 is 9.47 Å². The summed E-state index contributed by atoms with van der Waals surface area (Å²) >= 11 is 3.69. The molecule has 0 fully saturated rings. The molecule has 0 aliphatic heterocycles. The summed E-state index contributed by atoms with van der Waals surface area (Å²) in [5.74, 6) is 1.47. The van der Waals surface area contributed by atoms with Crippen LogP contribution in [-0.2, 0) is 0 Å². The van der Waals surface area contributed by atoms with Gasteiger partial charge in [0.1, 0.15) is 0 Å². The fraction of sp³-hybridized carbons (Fsp3) is 0.294. The van der Waals surface area contributed by atoms with Crippen molar-refractivity contribution in [1.82, 2.24) is 5.32 Å². The highest BCUT2D eigenvalue weighted by molar-refractivity contribution is 9.10. The standard InChI is InChI=1S/C17H20BrNO2/c1-11-6-5-7-13(16(11)18)17(19-2)12-8-9-14(20-3)15(10-12)21-4/h5-10,17,19H,1-4H3. The van der Waals surface area contributed by atoms with Gasteiger partial charge in [-0.05, 0) is 42.8 Å². The summed E-state index contributed by atoms with van der Waals surface area (Å²) in [6, 6.07) is 12.4. The number of benzene rings is 2. The average Bonchev–Trinajstić information content (AvgIpc) is 2.51. The van der Waals surface area contributed by atoms with Crippen LogP contribution in [0.15, 0.2) is 40.9 Å². The lowest BCUT2D eigenvalue weighted by molar-refractivity contribution is 0.354. The van der Waals surface area contributed by atoms with Crippen LogP contribution in [0.3, 0.4) is 0 Å². The van der Waals surface area contributed by atoms with Gasteiger partial charge in [0, 0.05) is 4.47 Å². The van der Waals surface area contributed by atoms with Gasteiger partial charge < -0.3 is 14.8 Å². The van der Waals surface area contributed by atoms with E-state index < -0.39 is 0 Å². The van der Waals surface area contributed by atoms with Gasteiger partial charge >= 0.3 is 0 Å². The number of aryl methyl sites for hydroxylation is 1. The Morgan fingerprint density at radius 1 is 1.05 bits per heavy atom. The van der Waals surface area contributed by atoms with Crippen molar-refractivity contribution in [3.05, 3.63) is 57.6 Å². The zero-order valence-corrected chi connectivity index (χ0v) is 14.3. The highest BCUT2D eigenvalue weighted by atomic mass is 79.9. The van der Waals surface area contributed by atoms with E-state index in [2.05, 4.69) is 52.4 Å². The Morgan fingerprint density at radius 3 is 2.38 bits per heavy atom. The van der Waals surface area contributed by atoms with Gasteiger partial charge in [0.15, 0.2) is 11.5 Å². The summed E-state index contributed by atoms with van der Waals surface area (Å²) in [4.78, 5) is 0. The summed E-state index contributed by atoms with van der Waals surface area (Å²) in [7, 11) is 5.25. The molecule has 0 aromatic heterocycles. The lowest BCUT2D eigenvalue weighted by Gasteiger charge is -2.21. The van der Waals surface area contributed by atoms with E-state index in [4.69, 9.17) is 9.47 Å². The Balaban J connectivity index is 2.49. The van der Waals surface area contributed by atoms with Crippen LogP contribution in [0.2, 0.25) is 0 Å². The van der Waals surface area contributed by atoms with Crippen LogP contribution >= 0.6 is 15.9 Å². The monoisotopic (exact) mass is 349 g/mol. The number of nitrogens with one attached hydrogen (secondary N) is 1. The zero-order chi connectivity index (χ0) is 15.4. The van der Waals surface area contributed by atoms with Crippen molar-refractivity contribution in [2.45, 2.75) is 13.0 Å². The van der Waals surface area contributed by atoms with E-state index in [1.807, 2.05) is 19.2 Å². The molecule has 4 heteroatoms. The van der Waals surface area contributed by atoms with E-state index in [1.165, 1.54) is 11.1 Å². The molecule has 0 aliphatic carbocycles. The van der Waals surface area contributed by atoms with Gasteiger partial charge in [0.2, 0.25) is 0 Å². The second kappa shape index (κ2) is 6.96. The Labute approximate surface area is 134 Å². The molecule has 1 N–H and O–H groups in total. The maximum absolute atomic E-state index is 5.40. The SMILES string of the molecule is CNC(c1ccc(OC)c(OC)c1)c1cccc(C)c1Br. The molecule has 1 atom stereocenters. The summed E-state index contributed by atoms with van der Waals surface area (Å²) < 4.78 is 11.8. The molecule has 0 saturated heterocycles. The first-order valence-electron chi connectivity index (χ1n) is 6.76. The number of rotatable bonds is 5. The van der Waals surface area contributed by atoms with Crippen LogP contribution in [0, 0.1) is 6.92 Å². The molecule has 0 bridgehead atoms. The quantitative estimate of drug-likeness (QED) is 0.881. The highest BCUT2D eigenvalue weighted by Gasteiger charge is 2.17. The molecule has 0 heterocycles. The van der Waals surface area contributed by atoms with E-state index in [-0.39, 0.29) is 6.04 Å². The van der Waals surface area contributed by atoms with Crippen LogP contribution in [-0.4, -0.2) is 21.3 Å². The van der Waals surface area contributed by atoms with E-state index in [1.54, 1.807) is 14.2 Å². The predicted octanol–water partition coefficient (Wildman–Crippen LogP) is 4.08. The number of halogens is 1. The lowest BCUT2D eigenvalue weighted by atomic mass is 9.97. The third kappa shape index (κ3) is 3.22. The highest BCUT2D eigenvalue weighted by Crippen LogP contribution is 2.35. The average molecular weight is 350 g/mol. The first-order chi connectivity index (χ1) is 10.1. The van der Waals surface area contributed by atoms with Crippen molar-refractivity contribution >= 4 is 15.9 Å². The number of methoxy groups -OCH3 is 2. The van der Waals surface area contributed by atoms with E-state index in [0.717, 1.165) is 21.5 Å².